The summed E-state index contributed by atoms with van der Waals surface area (Å²) in [6.45, 7) is 0. The third kappa shape index (κ3) is 2.94. The Hall–Kier alpha value is -2.41. The van der Waals surface area contributed by atoms with E-state index in [0.717, 1.165) is 0 Å². The highest BCUT2D eigenvalue weighted by molar-refractivity contribution is 9.10. The second-order valence-electron chi connectivity index (χ2n) is 3.90. The van der Waals surface area contributed by atoms with Crippen molar-refractivity contribution < 1.29 is 14.8 Å². The number of nitro benzene ring substituents is 1. The largest absolute Gasteiger partial charge is 0.478 e. The minimum atomic E-state index is -1.04. The summed E-state index contributed by atoms with van der Waals surface area (Å²) in [7, 11) is 0. The zero-order chi connectivity index (χ0) is 14.7. The number of anilines is 2. The fraction of sp³-hybridized carbons (Fsp3) is 0. The normalized spacial score (nSPS) is 10.1. The number of nitro groups is 1. The molecule has 0 aliphatic heterocycles. The summed E-state index contributed by atoms with van der Waals surface area (Å²) in [5.41, 5.74) is 0.956. The Morgan fingerprint density at radius 2 is 1.90 bits per heavy atom. The number of rotatable bonds is 4. The van der Waals surface area contributed by atoms with E-state index in [9.17, 15) is 14.9 Å². The molecule has 0 fully saturated rings. The first-order valence-corrected chi connectivity index (χ1v) is 6.31. The van der Waals surface area contributed by atoms with E-state index in [2.05, 4.69) is 21.2 Å². The molecule has 6 nitrogen and oxygen atoms in total. The number of carboxylic acid groups (broad SMARTS) is 1. The quantitative estimate of drug-likeness (QED) is 0.654. The van der Waals surface area contributed by atoms with Crippen molar-refractivity contribution in [2.75, 3.05) is 5.32 Å². The van der Waals surface area contributed by atoms with Crippen LogP contribution < -0.4 is 5.32 Å². The molecule has 0 amide bonds. The Labute approximate surface area is 122 Å². The zero-order valence-electron chi connectivity index (χ0n) is 10.0. The number of hydrogen-bond donors (Lipinski definition) is 2. The zero-order valence-corrected chi connectivity index (χ0v) is 11.6. The van der Waals surface area contributed by atoms with E-state index in [1.807, 2.05) is 0 Å². The standard InChI is InChI=1S/C13H9BrN2O4/c14-9-7-8(13(17)18)5-6-10(9)15-11-3-1-2-4-12(11)16(19)20/h1-7,15H,(H,17,18). The van der Waals surface area contributed by atoms with Crippen molar-refractivity contribution in [2.24, 2.45) is 0 Å². The number of carbonyl (C=O) groups is 1. The maximum atomic E-state index is 10.9. The van der Waals surface area contributed by atoms with Gasteiger partial charge in [-0.05, 0) is 40.2 Å². The predicted octanol–water partition coefficient (Wildman–Crippen LogP) is 3.80. The maximum absolute atomic E-state index is 10.9. The van der Waals surface area contributed by atoms with Gasteiger partial charge in [0.05, 0.1) is 16.2 Å². The van der Waals surface area contributed by atoms with Gasteiger partial charge in [-0.2, -0.15) is 0 Å². The van der Waals surface area contributed by atoms with Crippen molar-refractivity contribution >= 4 is 39.0 Å². The third-order valence-corrected chi connectivity index (χ3v) is 3.24. The molecular weight excluding hydrogens is 328 g/mol. The highest BCUT2D eigenvalue weighted by atomic mass is 79.9. The number of para-hydroxylation sites is 2. The lowest BCUT2D eigenvalue weighted by Crippen LogP contribution is -2.00. The number of nitrogens with zero attached hydrogens (tertiary/aromatic N) is 1. The molecule has 0 atom stereocenters. The second kappa shape index (κ2) is 5.70. The summed E-state index contributed by atoms with van der Waals surface area (Å²) in [5, 5.41) is 22.7. The molecule has 2 N–H and O–H groups in total. The van der Waals surface area contributed by atoms with Crippen molar-refractivity contribution in [2.45, 2.75) is 0 Å². The molecule has 0 heterocycles. The minimum absolute atomic E-state index is 0.0540. The topological polar surface area (TPSA) is 92.5 Å². The number of benzene rings is 2. The van der Waals surface area contributed by atoms with Crippen LogP contribution in [-0.2, 0) is 0 Å². The van der Waals surface area contributed by atoms with E-state index in [1.165, 1.54) is 18.2 Å². The molecule has 2 aromatic rings. The van der Waals surface area contributed by atoms with E-state index < -0.39 is 10.9 Å². The summed E-state index contributed by atoms with van der Waals surface area (Å²) in [4.78, 5) is 21.3. The van der Waals surface area contributed by atoms with Gasteiger partial charge in [0.15, 0.2) is 0 Å². The monoisotopic (exact) mass is 336 g/mol. The molecule has 0 saturated heterocycles. The predicted molar refractivity (Wildman–Crippen MR) is 77.5 cm³/mol. The summed E-state index contributed by atoms with van der Waals surface area (Å²) in [6.07, 6.45) is 0. The molecule has 7 heteroatoms. The molecule has 2 aromatic carbocycles. The molecular formula is C13H9BrN2O4. The van der Waals surface area contributed by atoms with Crippen LogP contribution in [0, 0.1) is 10.1 Å². The fourth-order valence-corrected chi connectivity index (χ4v) is 2.11. The molecule has 0 spiro atoms. The van der Waals surface area contributed by atoms with Crippen LogP contribution in [0.5, 0.6) is 0 Å². The Kier molecular flexibility index (Phi) is 3.99. The van der Waals surface area contributed by atoms with Gasteiger partial charge in [-0.15, -0.1) is 0 Å². The first-order chi connectivity index (χ1) is 9.49. The van der Waals surface area contributed by atoms with E-state index in [4.69, 9.17) is 5.11 Å². The molecule has 20 heavy (non-hydrogen) atoms. The van der Waals surface area contributed by atoms with E-state index in [1.54, 1.807) is 24.3 Å². The van der Waals surface area contributed by atoms with Gasteiger partial charge in [-0.3, -0.25) is 10.1 Å². The molecule has 0 aliphatic carbocycles. The molecule has 0 radical (unpaired) electrons. The smallest absolute Gasteiger partial charge is 0.335 e. The van der Waals surface area contributed by atoms with Crippen LogP contribution in [0.4, 0.5) is 17.1 Å². The number of aromatic carboxylic acids is 1. The summed E-state index contributed by atoms with van der Waals surface area (Å²) in [6, 6.07) is 10.6. The van der Waals surface area contributed by atoms with Gasteiger partial charge < -0.3 is 10.4 Å². The SMILES string of the molecule is O=C(O)c1ccc(Nc2ccccc2[N+](=O)[O-])c(Br)c1. The molecule has 0 saturated carbocycles. The van der Waals surface area contributed by atoms with Crippen molar-refractivity contribution in [1.82, 2.24) is 0 Å². The summed E-state index contributed by atoms with van der Waals surface area (Å²) < 4.78 is 0.510. The van der Waals surface area contributed by atoms with Gasteiger partial charge in [0, 0.05) is 10.5 Å². The summed E-state index contributed by atoms with van der Waals surface area (Å²) in [5.74, 6) is -1.04. The lowest BCUT2D eigenvalue weighted by atomic mass is 10.2. The van der Waals surface area contributed by atoms with Crippen LogP contribution in [0.25, 0.3) is 0 Å². The highest BCUT2D eigenvalue weighted by Gasteiger charge is 2.14. The Bertz CT molecular complexity index is 688. The number of nitrogens with one attached hydrogen (secondary N) is 1. The lowest BCUT2D eigenvalue weighted by Gasteiger charge is -2.09. The first kappa shape index (κ1) is 14.0. The molecule has 0 aromatic heterocycles. The first-order valence-electron chi connectivity index (χ1n) is 5.52. The van der Waals surface area contributed by atoms with Gasteiger partial charge in [0.2, 0.25) is 0 Å². The van der Waals surface area contributed by atoms with Gasteiger partial charge in [-0.1, -0.05) is 12.1 Å². The Morgan fingerprint density at radius 3 is 2.50 bits per heavy atom. The lowest BCUT2D eigenvalue weighted by molar-refractivity contribution is -0.383. The van der Waals surface area contributed by atoms with Crippen molar-refractivity contribution in [3.63, 3.8) is 0 Å². The average Bonchev–Trinajstić information content (AvgIpc) is 2.41. The number of halogens is 1. The van der Waals surface area contributed by atoms with Crippen LogP contribution in [0.3, 0.4) is 0 Å². The van der Waals surface area contributed by atoms with E-state index in [0.29, 0.717) is 15.8 Å². The molecule has 102 valence electrons. The van der Waals surface area contributed by atoms with Crippen LogP contribution in [0.2, 0.25) is 0 Å². The van der Waals surface area contributed by atoms with Gasteiger partial charge in [-0.25, -0.2) is 4.79 Å². The van der Waals surface area contributed by atoms with Gasteiger partial charge in [0.1, 0.15) is 5.69 Å². The minimum Gasteiger partial charge on any atom is -0.478 e. The summed E-state index contributed by atoms with van der Waals surface area (Å²) >= 11 is 3.24. The van der Waals surface area contributed by atoms with Gasteiger partial charge >= 0.3 is 5.97 Å². The highest BCUT2D eigenvalue weighted by Crippen LogP contribution is 2.31. The molecule has 0 aliphatic rings. The average molecular weight is 337 g/mol. The van der Waals surface area contributed by atoms with Crippen LogP contribution in [-0.4, -0.2) is 16.0 Å². The van der Waals surface area contributed by atoms with Crippen LogP contribution >= 0.6 is 15.9 Å². The van der Waals surface area contributed by atoms with Crippen molar-refractivity contribution in [3.05, 3.63) is 62.6 Å². The second-order valence-corrected chi connectivity index (χ2v) is 4.75. The van der Waals surface area contributed by atoms with E-state index >= 15 is 0 Å². The Morgan fingerprint density at radius 1 is 1.20 bits per heavy atom. The van der Waals surface area contributed by atoms with Crippen molar-refractivity contribution in [1.29, 1.82) is 0 Å². The van der Waals surface area contributed by atoms with Crippen LogP contribution in [0.1, 0.15) is 10.4 Å². The van der Waals surface area contributed by atoms with Crippen LogP contribution in [0.15, 0.2) is 46.9 Å². The maximum Gasteiger partial charge on any atom is 0.335 e. The molecule has 0 unspecified atom stereocenters. The Balaban J connectivity index is 2.36. The fourth-order valence-electron chi connectivity index (χ4n) is 1.63. The molecule has 2 rings (SSSR count). The van der Waals surface area contributed by atoms with Crippen molar-refractivity contribution in [3.8, 4) is 0 Å². The van der Waals surface area contributed by atoms with Gasteiger partial charge in [0.25, 0.3) is 5.69 Å². The van der Waals surface area contributed by atoms with E-state index in [-0.39, 0.29) is 11.3 Å². The number of carboxylic acids is 1. The third-order valence-electron chi connectivity index (χ3n) is 2.59. The number of hydrogen-bond acceptors (Lipinski definition) is 4. The molecule has 0 bridgehead atoms.